The number of para-hydroxylation sites is 1. The van der Waals surface area contributed by atoms with Crippen molar-refractivity contribution in [3.05, 3.63) is 36.7 Å². The zero-order valence-corrected chi connectivity index (χ0v) is 13.1. The standard InChI is InChI=1S/C15H19N5O3/c1-19(2)14(22)8-9-16-13(21)10-23-15-17-11-20(18-15)12-6-4-3-5-7-12/h3-7,11H,8-10H2,1-2H3,(H,16,21). The molecule has 122 valence electrons. The van der Waals surface area contributed by atoms with Crippen molar-refractivity contribution in [1.82, 2.24) is 25.0 Å². The predicted octanol–water partition coefficient (Wildman–Crippen LogP) is 0.241. The van der Waals surface area contributed by atoms with Crippen molar-refractivity contribution in [2.75, 3.05) is 27.2 Å². The average Bonchev–Trinajstić information content (AvgIpc) is 3.02. The maximum Gasteiger partial charge on any atom is 0.336 e. The number of amides is 2. The molecule has 8 heteroatoms. The highest BCUT2D eigenvalue weighted by Crippen LogP contribution is 2.07. The van der Waals surface area contributed by atoms with E-state index in [1.807, 2.05) is 30.3 Å². The average molecular weight is 317 g/mol. The van der Waals surface area contributed by atoms with E-state index < -0.39 is 0 Å². The smallest absolute Gasteiger partial charge is 0.336 e. The molecule has 0 saturated heterocycles. The van der Waals surface area contributed by atoms with Crippen LogP contribution in [-0.2, 0) is 9.59 Å². The number of ether oxygens (including phenoxy) is 1. The number of carbonyl (C=O) groups excluding carboxylic acids is 2. The number of hydrogen-bond donors (Lipinski definition) is 1. The number of aromatic nitrogens is 3. The summed E-state index contributed by atoms with van der Waals surface area (Å²) in [5.41, 5.74) is 0.849. The summed E-state index contributed by atoms with van der Waals surface area (Å²) in [6.45, 7) is 0.0695. The van der Waals surface area contributed by atoms with Gasteiger partial charge >= 0.3 is 6.01 Å². The zero-order chi connectivity index (χ0) is 16.7. The van der Waals surface area contributed by atoms with E-state index in [1.54, 1.807) is 18.8 Å². The van der Waals surface area contributed by atoms with E-state index in [9.17, 15) is 9.59 Å². The summed E-state index contributed by atoms with van der Waals surface area (Å²) in [6, 6.07) is 9.57. The lowest BCUT2D eigenvalue weighted by Crippen LogP contribution is -2.33. The van der Waals surface area contributed by atoms with Crippen molar-refractivity contribution in [3.8, 4) is 11.7 Å². The Labute approximate surface area is 134 Å². The van der Waals surface area contributed by atoms with E-state index in [2.05, 4.69) is 15.4 Å². The molecule has 0 fully saturated rings. The zero-order valence-electron chi connectivity index (χ0n) is 13.1. The molecule has 2 rings (SSSR count). The van der Waals surface area contributed by atoms with E-state index >= 15 is 0 Å². The van der Waals surface area contributed by atoms with Crippen molar-refractivity contribution < 1.29 is 14.3 Å². The molecule has 0 atom stereocenters. The second kappa shape index (κ2) is 7.92. The van der Waals surface area contributed by atoms with Gasteiger partial charge in [0, 0.05) is 27.1 Å². The first-order chi connectivity index (χ1) is 11.1. The van der Waals surface area contributed by atoms with Crippen molar-refractivity contribution in [2.45, 2.75) is 6.42 Å². The van der Waals surface area contributed by atoms with Crippen LogP contribution in [-0.4, -0.2) is 58.7 Å². The van der Waals surface area contributed by atoms with Crippen molar-refractivity contribution in [3.63, 3.8) is 0 Å². The first kappa shape index (κ1) is 16.5. The molecule has 0 radical (unpaired) electrons. The fourth-order valence-electron chi connectivity index (χ4n) is 1.73. The van der Waals surface area contributed by atoms with Gasteiger partial charge in [0.1, 0.15) is 6.33 Å². The third-order valence-corrected chi connectivity index (χ3v) is 2.98. The Bertz CT molecular complexity index is 654. The van der Waals surface area contributed by atoms with Crippen LogP contribution in [0.4, 0.5) is 0 Å². The monoisotopic (exact) mass is 317 g/mol. The molecule has 0 bridgehead atoms. The van der Waals surface area contributed by atoms with Crippen LogP contribution in [0.3, 0.4) is 0 Å². The molecule has 0 aliphatic heterocycles. The van der Waals surface area contributed by atoms with E-state index in [0.29, 0.717) is 0 Å². The number of nitrogens with zero attached hydrogens (tertiary/aromatic N) is 4. The second-order valence-electron chi connectivity index (χ2n) is 4.98. The van der Waals surface area contributed by atoms with Gasteiger partial charge in [0.25, 0.3) is 5.91 Å². The lowest BCUT2D eigenvalue weighted by molar-refractivity contribution is -0.128. The van der Waals surface area contributed by atoms with E-state index in [1.165, 1.54) is 11.2 Å². The largest absolute Gasteiger partial charge is 0.452 e. The van der Waals surface area contributed by atoms with Crippen LogP contribution in [0.15, 0.2) is 36.7 Å². The summed E-state index contributed by atoms with van der Waals surface area (Å²) in [4.78, 5) is 28.4. The van der Waals surface area contributed by atoms with Gasteiger partial charge in [-0.1, -0.05) is 18.2 Å². The fourth-order valence-corrected chi connectivity index (χ4v) is 1.73. The van der Waals surface area contributed by atoms with Gasteiger partial charge in [-0.2, -0.15) is 4.98 Å². The van der Waals surface area contributed by atoms with Crippen LogP contribution in [0.25, 0.3) is 5.69 Å². The molecule has 0 unspecified atom stereocenters. The first-order valence-electron chi connectivity index (χ1n) is 7.13. The number of nitrogens with one attached hydrogen (secondary N) is 1. The topological polar surface area (TPSA) is 89.4 Å². The minimum absolute atomic E-state index is 0.0468. The Balaban J connectivity index is 1.75. The van der Waals surface area contributed by atoms with Gasteiger partial charge in [0.15, 0.2) is 6.61 Å². The summed E-state index contributed by atoms with van der Waals surface area (Å²) >= 11 is 0. The summed E-state index contributed by atoms with van der Waals surface area (Å²) < 4.78 is 6.78. The minimum Gasteiger partial charge on any atom is -0.452 e. The fraction of sp³-hybridized carbons (Fsp3) is 0.333. The third kappa shape index (κ3) is 5.10. The SMILES string of the molecule is CN(C)C(=O)CCNC(=O)COc1ncn(-c2ccccc2)n1. The van der Waals surface area contributed by atoms with Crippen LogP contribution in [0.2, 0.25) is 0 Å². The quantitative estimate of drug-likeness (QED) is 0.790. The highest BCUT2D eigenvalue weighted by molar-refractivity contribution is 5.79. The molecule has 0 aliphatic carbocycles. The molecular formula is C15H19N5O3. The first-order valence-corrected chi connectivity index (χ1v) is 7.13. The van der Waals surface area contributed by atoms with Gasteiger partial charge in [0.2, 0.25) is 5.91 Å². The Morgan fingerprint density at radius 2 is 2.00 bits per heavy atom. The summed E-state index contributed by atoms with van der Waals surface area (Å²) in [6.07, 6.45) is 1.76. The van der Waals surface area contributed by atoms with Crippen LogP contribution in [0.1, 0.15) is 6.42 Å². The molecule has 1 aromatic heterocycles. The van der Waals surface area contributed by atoms with Gasteiger partial charge in [-0.3, -0.25) is 9.59 Å². The molecule has 0 spiro atoms. The number of carbonyl (C=O) groups is 2. The molecule has 2 aromatic rings. The van der Waals surface area contributed by atoms with Gasteiger partial charge < -0.3 is 15.0 Å². The lowest BCUT2D eigenvalue weighted by Gasteiger charge is -2.10. The summed E-state index contributed by atoms with van der Waals surface area (Å²) in [7, 11) is 3.34. The highest BCUT2D eigenvalue weighted by Gasteiger charge is 2.08. The Kier molecular flexibility index (Phi) is 5.67. The molecule has 0 saturated carbocycles. The molecule has 1 heterocycles. The number of hydrogen-bond acceptors (Lipinski definition) is 5. The van der Waals surface area contributed by atoms with Crippen LogP contribution in [0.5, 0.6) is 6.01 Å². The second-order valence-corrected chi connectivity index (χ2v) is 4.98. The lowest BCUT2D eigenvalue weighted by atomic mass is 10.3. The van der Waals surface area contributed by atoms with E-state index in [0.717, 1.165) is 5.69 Å². The minimum atomic E-state index is -0.326. The molecular weight excluding hydrogens is 298 g/mol. The Morgan fingerprint density at radius 1 is 1.26 bits per heavy atom. The molecule has 0 aliphatic rings. The van der Waals surface area contributed by atoms with Crippen molar-refractivity contribution in [1.29, 1.82) is 0 Å². The molecule has 8 nitrogen and oxygen atoms in total. The van der Waals surface area contributed by atoms with E-state index in [4.69, 9.17) is 4.74 Å². The van der Waals surface area contributed by atoms with Crippen LogP contribution in [0, 0.1) is 0 Å². The van der Waals surface area contributed by atoms with Crippen LogP contribution >= 0.6 is 0 Å². The molecule has 1 N–H and O–H groups in total. The van der Waals surface area contributed by atoms with E-state index in [-0.39, 0.29) is 37.4 Å². The normalized spacial score (nSPS) is 10.2. The van der Waals surface area contributed by atoms with Gasteiger partial charge in [-0.05, 0) is 12.1 Å². The van der Waals surface area contributed by atoms with Crippen molar-refractivity contribution in [2.24, 2.45) is 0 Å². The maximum atomic E-state index is 11.6. The summed E-state index contributed by atoms with van der Waals surface area (Å²) in [5.74, 6) is -0.373. The third-order valence-electron chi connectivity index (χ3n) is 2.98. The molecule has 2 amide bonds. The Morgan fingerprint density at radius 3 is 2.70 bits per heavy atom. The number of rotatable bonds is 7. The maximum absolute atomic E-state index is 11.6. The predicted molar refractivity (Wildman–Crippen MR) is 83.2 cm³/mol. The van der Waals surface area contributed by atoms with Gasteiger partial charge in [-0.15, -0.1) is 5.10 Å². The van der Waals surface area contributed by atoms with Crippen LogP contribution < -0.4 is 10.1 Å². The van der Waals surface area contributed by atoms with Crippen molar-refractivity contribution >= 4 is 11.8 Å². The van der Waals surface area contributed by atoms with Gasteiger partial charge in [0.05, 0.1) is 5.69 Å². The molecule has 23 heavy (non-hydrogen) atoms. The Hall–Kier alpha value is -2.90. The summed E-state index contributed by atoms with van der Waals surface area (Å²) in [5, 5.41) is 6.73. The number of benzene rings is 1. The highest BCUT2D eigenvalue weighted by atomic mass is 16.5. The molecule has 1 aromatic carbocycles. The van der Waals surface area contributed by atoms with Gasteiger partial charge in [-0.25, -0.2) is 4.68 Å².